The standard InChI is InChI=1S/C10H16N2O2/c1-5-8(13)12-10(3,4)6-7(2)9(11)14/h5H,1-2,6H2,3-4H3,(H2,11,14)(H,12,13). The number of rotatable bonds is 5. The predicted molar refractivity (Wildman–Crippen MR) is 55.4 cm³/mol. The van der Waals surface area contributed by atoms with Crippen LogP contribution >= 0.6 is 0 Å². The van der Waals surface area contributed by atoms with Gasteiger partial charge in [-0.25, -0.2) is 0 Å². The lowest BCUT2D eigenvalue weighted by molar-refractivity contribution is -0.118. The minimum atomic E-state index is -0.550. The van der Waals surface area contributed by atoms with Gasteiger partial charge in [0.15, 0.2) is 0 Å². The number of amides is 2. The normalized spacial score (nSPS) is 10.4. The van der Waals surface area contributed by atoms with Crippen molar-refractivity contribution >= 4 is 11.8 Å². The zero-order valence-corrected chi connectivity index (χ0v) is 8.59. The van der Waals surface area contributed by atoms with Gasteiger partial charge in [-0.2, -0.15) is 0 Å². The van der Waals surface area contributed by atoms with Crippen molar-refractivity contribution < 1.29 is 9.59 Å². The maximum Gasteiger partial charge on any atom is 0.244 e. The Kier molecular flexibility index (Phi) is 4.08. The number of nitrogens with two attached hydrogens (primary N) is 1. The average Bonchev–Trinajstić information content (AvgIpc) is 2.02. The number of primary amides is 1. The van der Waals surface area contributed by atoms with E-state index in [-0.39, 0.29) is 5.91 Å². The Balaban J connectivity index is 4.33. The molecule has 0 aromatic rings. The fourth-order valence-electron chi connectivity index (χ4n) is 1.05. The van der Waals surface area contributed by atoms with E-state index in [1.54, 1.807) is 13.8 Å². The van der Waals surface area contributed by atoms with E-state index in [9.17, 15) is 9.59 Å². The number of carbonyl (C=O) groups excluding carboxylic acids is 2. The van der Waals surface area contributed by atoms with Crippen molar-refractivity contribution in [2.24, 2.45) is 5.73 Å². The second-order valence-electron chi connectivity index (χ2n) is 3.72. The lowest BCUT2D eigenvalue weighted by atomic mass is 9.95. The van der Waals surface area contributed by atoms with Gasteiger partial charge in [0.25, 0.3) is 0 Å². The van der Waals surface area contributed by atoms with Crippen LogP contribution in [-0.2, 0) is 9.59 Å². The second kappa shape index (κ2) is 4.60. The lowest BCUT2D eigenvalue weighted by Crippen LogP contribution is -2.43. The molecule has 2 amide bonds. The first kappa shape index (κ1) is 12.4. The Hall–Kier alpha value is -1.58. The van der Waals surface area contributed by atoms with Gasteiger partial charge in [-0.05, 0) is 26.3 Å². The lowest BCUT2D eigenvalue weighted by Gasteiger charge is -2.25. The van der Waals surface area contributed by atoms with E-state index in [0.29, 0.717) is 12.0 Å². The van der Waals surface area contributed by atoms with E-state index >= 15 is 0 Å². The van der Waals surface area contributed by atoms with Crippen LogP contribution in [0.4, 0.5) is 0 Å². The molecule has 0 aliphatic carbocycles. The topological polar surface area (TPSA) is 72.2 Å². The van der Waals surface area contributed by atoms with Crippen LogP contribution in [0.2, 0.25) is 0 Å². The number of nitrogens with one attached hydrogen (secondary N) is 1. The molecular weight excluding hydrogens is 180 g/mol. The van der Waals surface area contributed by atoms with Gasteiger partial charge < -0.3 is 11.1 Å². The largest absolute Gasteiger partial charge is 0.366 e. The molecule has 0 heterocycles. The van der Waals surface area contributed by atoms with Gasteiger partial charge in [0.2, 0.25) is 11.8 Å². The van der Waals surface area contributed by atoms with Crippen LogP contribution in [-0.4, -0.2) is 17.4 Å². The van der Waals surface area contributed by atoms with Crippen molar-refractivity contribution in [1.82, 2.24) is 5.32 Å². The molecular formula is C10H16N2O2. The zero-order valence-electron chi connectivity index (χ0n) is 8.59. The summed E-state index contributed by atoms with van der Waals surface area (Å²) in [6.45, 7) is 10.4. The number of hydrogen-bond acceptors (Lipinski definition) is 2. The highest BCUT2D eigenvalue weighted by molar-refractivity contribution is 5.92. The van der Waals surface area contributed by atoms with Crippen LogP contribution in [0.5, 0.6) is 0 Å². The minimum absolute atomic E-state index is 0.285. The van der Waals surface area contributed by atoms with E-state index in [1.165, 1.54) is 6.08 Å². The molecule has 0 bridgehead atoms. The highest BCUT2D eigenvalue weighted by atomic mass is 16.2. The van der Waals surface area contributed by atoms with Crippen molar-refractivity contribution in [3.8, 4) is 0 Å². The Bertz CT molecular complexity index is 280. The van der Waals surface area contributed by atoms with Gasteiger partial charge in [0.1, 0.15) is 0 Å². The van der Waals surface area contributed by atoms with Gasteiger partial charge in [-0.3, -0.25) is 9.59 Å². The van der Waals surface area contributed by atoms with Crippen LogP contribution in [0.15, 0.2) is 24.8 Å². The number of carbonyl (C=O) groups is 2. The second-order valence-corrected chi connectivity index (χ2v) is 3.72. The van der Waals surface area contributed by atoms with Crippen LogP contribution in [0.1, 0.15) is 20.3 Å². The van der Waals surface area contributed by atoms with E-state index in [0.717, 1.165) is 0 Å². The highest BCUT2D eigenvalue weighted by Crippen LogP contribution is 2.14. The summed E-state index contributed by atoms with van der Waals surface area (Å²) in [5, 5.41) is 2.67. The van der Waals surface area contributed by atoms with Gasteiger partial charge >= 0.3 is 0 Å². The first-order valence-corrected chi connectivity index (χ1v) is 4.20. The van der Waals surface area contributed by atoms with Gasteiger partial charge in [0.05, 0.1) is 0 Å². The zero-order chi connectivity index (χ0) is 11.4. The van der Waals surface area contributed by atoms with Gasteiger partial charge in [-0.1, -0.05) is 13.2 Å². The Morgan fingerprint density at radius 3 is 2.36 bits per heavy atom. The molecule has 4 nitrogen and oxygen atoms in total. The van der Waals surface area contributed by atoms with Crippen LogP contribution < -0.4 is 11.1 Å². The van der Waals surface area contributed by atoms with Crippen LogP contribution in [0, 0.1) is 0 Å². The Labute approximate surface area is 83.9 Å². The third kappa shape index (κ3) is 4.45. The van der Waals surface area contributed by atoms with Crippen molar-refractivity contribution in [2.45, 2.75) is 25.8 Å². The molecule has 0 unspecified atom stereocenters. The SMILES string of the molecule is C=CC(=O)NC(C)(C)CC(=C)C(N)=O. The summed E-state index contributed by atoms with van der Waals surface area (Å²) >= 11 is 0. The molecule has 0 aromatic heterocycles. The molecule has 0 spiro atoms. The first-order chi connectivity index (χ1) is 6.28. The molecule has 3 N–H and O–H groups in total. The summed E-state index contributed by atoms with van der Waals surface area (Å²) in [5.41, 5.74) is 4.78. The molecule has 14 heavy (non-hydrogen) atoms. The summed E-state index contributed by atoms with van der Waals surface area (Å²) in [7, 11) is 0. The van der Waals surface area contributed by atoms with Crippen molar-refractivity contribution in [1.29, 1.82) is 0 Å². The minimum Gasteiger partial charge on any atom is -0.366 e. The average molecular weight is 196 g/mol. The molecule has 0 atom stereocenters. The molecule has 0 fully saturated rings. The van der Waals surface area contributed by atoms with Gasteiger partial charge in [0, 0.05) is 11.1 Å². The summed E-state index contributed by atoms with van der Waals surface area (Å²) in [4.78, 5) is 21.7. The fourth-order valence-corrected chi connectivity index (χ4v) is 1.05. The molecule has 4 heteroatoms. The number of hydrogen-bond donors (Lipinski definition) is 2. The van der Waals surface area contributed by atoms with Crippen molar-refractivity contribution in [3.05, 3.63) is 24.8 Å². The monoisotopic (exact) mass is 196 g/mol. The fraction of sp³-hybridized carbons (Fsp3) is 0.400. The molecule has 0 saturated carbocycles. The predicted octanol–water partition coefficient (Wildman–Crippen LogP) is 0.499. The highest BCUT2D eigenvalue weighted by Gasteiger charge is 2.21. The molecule has 0 saturated heterocycles. The molecule has 0 radical (unpaired) electrons. The summed E-state index contributed by atoms with van der Waals surface area (Å²) in [6, 6.07) is 0. The first-order valence-electron chi connectivity index (χ1n) is 4.20. The summed E-state index contributed by atoms with van der Waals surface area (Å²) < 4.78 is 0. The van der Waals surface area contributed by atoms with Crippen molar-refractivity contribution in [3.63, 3.8) is 0 Å². The molecule has 78 valence electrons. The summed E-state index contributed by atoms with van der Waals surface area (Å²) in [5.74, 6) is -0.835. The maximum atomic E-state index is 11.0. The van der Waals surface area contributed by atoms with E-state index in [2.05, 4.69) is 18.5 Å². The van der Waals surface area contributed by atoms with E-state index < -0.39 is 11.4 Å². The third-order valence-electron chi connectivity index (χ3n) is 1.65. The Morgan fingerprint density at radius 2 is 2.00 bits per heavy atom. The molecule has 0 rings (SSSR count). The van der Waals surface area contributed by atoms with Crippen molar-refractivity contribution in [2.75, 3.05) is 0 Å². The summed E-state index contributed by atoms with van der Waals surface area (Å²) in [6.07, 6.45) is 1.50. The van der Waals surface area contributed by atoms with E-state index in [4.69, 9.17) is 5.73 Å². The maximum absolute atomic E-state index is 11.0. The van der Waals surface area contributed by atoms with Crippen LogP contribution in [0.25, 0.3) is 0 Å². The molecule has 0 aliphatic rings. The van der Waals surface area contributed by atoms with Gasteiger partial charge in [-0.15, -0.1) is 0 Å². The van der Waals surface area contributed by atoms with E-state index in [1.807, 2.05) is 0 Å². The molecule has 0 aliphatic heterocycles. The quantitative estimate of drug-likeness (QED) is 0.628. The third-order valence-corrected chi connectivity index (χ3v) is 1.65. The smallest absolute Gasteiger partial charge is 0.244 e. The molecule has 0 aromatic carbocycles. The Morgan fingerprint density at radius 1 is 1.50 bits per heavy atom. The van der Waals surface area contributed by atoms with Crippen LogP contribution in [0.3, 0.4) is 0 Å².